The van der Waals surface area contributed by atoms with Crippen LogP contribution in [0.1, 0.15) is 90.2 Å². The molecule has 4 aliphatic heterocycles. The molecule has 16 rings (SSSR count). The van der Waals surface area contributed by atoms with Crippen LogP contribution in [-0.2, 0) is 26.2 Å². The van der Waals surface area contributed by atoms with Crippen molar-refractivity contribution in [1.29, 1.82) is 0 Å². The van der Waals surface area contributed by atoms with Gasteiger partial charge in [0.15, 0.2) is 24.4 Å². The van der Waals surface area contributed by atoms with E-state index in [0.29, 0.717) is 88.2 Å². The summed E-state index contributed by atoms with van der Waals surface area (Å²) in [6, 6.07) is 79.8. The first kappa shape index (κ1) is 108. The Kier molecular flexibility index (Phi) is 34.3. The first-order valence-electron chi connectivity index (χ1n) is 45.2. The summed E-state index contributed by atoms with van der Waals surface area (Å²) in [4.78, 5) is 26.1. The predicted octanol–water partition coefficient (Wildman–Crippen LogP) is 23.7. The maximum atomic E-state index is 13.6. The molecule has 145 heavy (non-hydrogen) atoms. The van der Waals surface area contributed by atoms with E-state index in [1.807, 2.05) is 122 Å². The Morgan fingerprint density at radius 1 is 0.317 bits per heavy atom. The number of carbonyl (C=O) groups is 1. The number of halogens is 22. The quantitative estimate of drug-likeness (QED) is 0.0308. The maximum Gasteiger partial charge on any atom is 0.573 e. The predicted molar refractivity (Wildman–Crippen MR) is 504 cm³/mol. The number of amides is 1. The lowest BCUT2D eigenvalue weighted by atomic mass is 9.96. The van der Waals surface area contributed by atoms with E-state index in [9.17, 15) is 122 Å². The van der Waals surface area contributed by atoms with Crippen molar-refractivity contribution in [3.05, 3.63) is 358 Å². The van der Waals surface area contributed by atoms with E-state index in [4.69, 9.17) is 4.74 Å². The molecule has 0 aliphatic carbocycles. The number of nitrogens with one attached hydrogen (secondary N) is 1. The smallest absolute Gasteiger partial charge is 0.497 e. The van der Waals surface area contributed by atoms with Gasteiger partial charge < -0.3 is 83.9 Å². The highest BCUT2D eigenvalue weighted by Crippen LogP contribution is 2.50. The highest BCUT2D eigenvalue weighted by Gasteiger charge is 2.49. The number of benzene rings is 12. The SMILES string of the molecule is CNC(=O)c1cccc(C2CN(Cc3cccc(C)c3)c3ccccc3N2C[C@@H](O)C(F)(F)F)c1.COc1cccc([C@@H]2CN(Cc3cccc(OC(F)(F)F)c3)c3ccccc3N2C[C@@H](O)C(F)(F)F)c1.Cc1cccc(CN2C[C@@H](c3ccccc3)N(C[C@@H](O)C(F)(F)F)c3ccccc32)c1.O[C@H](CN1c2ccccc2N(Cc2cccc(OC(F)(F)F)c2)C[C@H]1c1cccc(OC(F)(F)C(F)F)c1)C(F)(F)F. The molecule has 0 spiro atoms. The Labute approximate surface area is 819 Å². The van der Waals surface area contributed by atoms with E-state index >= 15 is 0 Å². The summed E-state index contributed by atoms with van der Waals surface area (Å²) in [6.07, 6.45) is -48.4. The van der Waals surface area contributed by atoms with Gasteiger partial charge in [0.25, 0.3) is 5.91 Å². The van der Waals surface area contributed by atoms with Crippen LogP contribution in [0.15, 0.2) is 297 Å². The summed E-state index contributed by atoms with van der Waals surface area (Å²) in [5.41, 5.74) is 12.7. The number of fused-ring (bicyclic) bond motifs is 4. The summed E-state index contributed by atoms with van der Waals surface area (Å²) < 4.78 is 307. The number of alkyl halides is 22. The molecule has 0 saturated carbocycles. The van der Waals surface area contributed by atoms with Crippen molar-refractivity contribution in [1.82, 2.24) is 5.32 Å². The lowest BCUT2D eigenvalue weighted by Crippen LogP contribution is -2.49. The molecule has 0 fully saturated rings. The second kappa shape index (κ2) is 45.9. The summed E-state index contributed by atoms with van der Waals surface area (Å²) in [5, 5.41) is 42.3. The zero-order chi connectivity index (χ0) is 105. The average Bonchev–Trinajstić information content (AvgIpc) is 0.772. The number of rotatable bonds is 27. The second-order valence-corrected chi connectivity index (χ2v) is 34.7. The van der Waals surface area contributed by atoms with Gasteiger partial charge in [-0.1, -0.05) is 199 Å². The number of carbonyl (C=O) groups excluding carboxylic acids is 1. The lowest BCUT2D eigenvalue weighted by Gasteiger charge is -2.46. The summed E-state index contributed by atoms with van der Waals surface area (Å²) in [7, 11) is 3.00. The maximum absolute atomic E-state index is 13.6. The van der Waals surface area contributed by atoms with Gasteiger partial charge in [-0.05, 0) is 168 Å². The molecule has 772 valence electrons. The number of anilines is 8. The fraction of sp³-hybridized carbons (Fsp3) is 0.305. The van der Waals surface area contributed by atoms with Crippen molar-refractivity contribution >= 4 is 51.4 Å². The first-order chi connectivity index (χ1) is 68.5. The molecule has 4 aliphatic rings. The number of aliphatic hydroxyl groups excluding tert-OH is 4. The van der Waals surface area contributed by atoms with Gasteiger partial charge >= 0.3 is 50.0 Å². The number of hydrogen-bond acceptors (Lipinski definition) is 17. The van der Waals surface area contributed by atoms with Gasteiger partial charge in [-0.25, -0.2) is 0 Å². The first-order valence-corrected chi connectivity index (χ1v) is 45.2. The fourth-order valence-electron chi connectivity index (χ4n) is 17.7. The van der Waals surface area contributed by atoms with Crippen molar-refractivity contribution in [3.63, 3.8) is 0 Å². The molecule has 0 saturated heterocycles. The van der Waals surface area contributed by atoms with Crippen LogP contribution in [0.5, 0.6) is 23.0 Å². The molecule has 40 heteroatoms. The van der Waals surface area contributed by atoms with Crippen LogP contribution < -0.4 is 63.5 Å². The number of nitrogens with zero attached hydrogens (tertiary/aromatic N) is 8. The van der Waals surface area contributed by atoms with E-state index in [0.717, 1.165) is 63.5 Å². The largest absolute Gasteiger partial charge is 0.573 e. The van der Waals surface area contributed by atoms with Gasteiger partial charge in [-0.15, -0.1) is 26.3 Å². The van der Waals surface area contributed by atoms with Crippen molar-refractivity contribution in [2.45, 2.75) is 139 Å². The lowest BCUT2D eigenvalue weighted by molar-refractivity contribution is -0.275. The minimum Gasteiger partial charge on any atom is -0.497 e. The average molecular weight is 2050 g/mol. The molecule has 4 heterocycles. The second-order valence-electron chi connectivity index (χ2n) is 34.7. The van der Waals surface area contributed by atoms with Gasteiger partial charge in [-0.2, -0.15) is 70.2 Å². The number of aliphatic hydroxyl groups is 4. The molecule has 0 radical (unpaired) electrons. The highest BCUT2D eigenvalue weighted by molar-refractivity contribution is 5.94. The minimum atomic E-state index is -5.01. The van der Waals surface area contributed by atoms with Gasteiger partial charge in [0.2, 0.25) is 0 Å². The number of aryl methyl sites for hydroxylation is 2. The van der Waals surface area contributed by atoms with Crippen LogP contribution in [0.2, 0.25) is 0 Å². The topological polar surface area (TPSA) is 173 Å². The Balaban J connectivity index is 0.000000163. The van der Waals surface area contributed by atoms with Crippen molar-refractivity contribution in [3.8, 4) is 23.0 Å². The molecular weight excluding hydrogens is 1950 g/mol. The highest BCUT2D eigenvalue weighted by atomic mass is 19.4. The van der Waals surface area contributed by atoms with Crippen LogP contribution in [0.4, 0.5) is 142 Å². The zero-order valence-corrected chi connectivity index (χ0v) is 77.7. The van der Waals surface area contributed by atoms with Gasteiger partial charge in [0.05, 0.1) is 103 Å². The Morgan fingerprint density at radius 3 is 0.883 bits per heavy atom. The number of β-amino-alcohol motifs (C(OH)–C–C–N with tert-alkyl or cyclic N) is 4. The van der Waals surface area contributed by atoms with Crippen LogP contribution in [0, 0.1) is 13.8 Å². The molecule has 18 nitrogen and oxygen atoms in total. The molecule has 0 bridgehead atoms. The normalized spacial score (nSPS) is 16.9. The summed E-state index contributed by atoms with van der Waals surface area (Å²) in [5.74, 6) is -1.31. The monoisotopic (exact) mass is 2050 g/mol. The Bertz CT molecular complexity index is 6300. The number of para-hydroxylation sites is 8. The van der Waals surface area contributed by atoms with Gasteiger partial charge in [0.1, 0.15) is 23.0 Å². The molecule has 8 atom stereocenters. The standard InChI is InChI=1S/C27H22F10N2O3.C27H28F3N3O2.C26H24F6N2O3.C25H25F3N2O/c28-24(29)26(33,34)41-19-8-4-6-17(12-19)22-14-38(13-16-5-3-7-18(11-16)42-27(35,36)37)20-9-1-2-10-21(20)39(22)15-23(40)25(30,31)32;1-18-7-5-8-19(13-18)15-32-16-24(20-9-6-10-21(14-20)26(35)31-2)33(17-25(34)27(28,29)30)23-12-4-3-11-22(23)32;1-36-19-8-5-7-18(13-19)23-15-33(14-17-6-4-9-20(12-17)37-26(30,31)32)21-10-2-3-11-22(21)34(23)16-24(35)25(27,28)29;1-18-8-7-9-19(14-18)15-29-16-23(20-10-3-2-4-11-20)30(17-24(31)25(26,27)28)22-13-6-5-12-21(22)29/h1-12,22-24,40H,13-15H2;3-14,24-25,34H,15-17H2,1-2H3,(H,31,35);2-13,23-24,35H,14-16H2,1H3;2-14,23-24,31H,15-17H2,1H3/t22-,23+;24?,25-;2*23-,24+/m0100/s1. The third-order valence-electron chi connectivity index (χ3n) is 24.3. The van der Waals surface area contributed by atoms with Crippen LogP contribution >= 0.6 is 0 Å². The Morgan fingerprint density at radius 2 is 0.579 bits per heavy atom. The van der Waals surface area contributed by atoms with Gasteiger partial charge in [-0.3, -0.25) is 4.79 Å². The molecule has 12 aromatic carbocycles. The number of ether oxygens (including phenoxy) is 4. The van der Waals surface area contributed by atoms with Crippen LogP contribution in [0.3, 0.4) is 0 Å². The molecule has 1 amide bonds. The van der Waals surface area contributed by atoms with E-state index < -0.39 is 130 Å². The molecule has 0 aromatic heterocycles. The number of hydrogen-bond donors (Lipinski definition) is 5. The van der Waals surface area contributed by atoms with Crippen molar-refractivity contribution in [2.75, 3.05) is 106 Å². The number of methoxy groups -OCH3 is 1. The van der Waals surface area contributed by atoms with Crippen LogP contribution in [0.25, 0.3) is 0 Å². The third kappa shape index (κ3) is 28.6. The third-order valence-corrected chi connectivity index (χ3v) is 24.3. The fourth-order valence-corrected chi connectivity index (χ4v) is 17.7. The van der Waals surface area contributed by atoms with E-state index in [1.54, 1.807) is 112 Å². The van der Waals surface area contributed by atoms with Crippen molar-refractivity contribution < 1.29 is 141 Å². The van der Waals surface area contributed by atoms with E-state index in [1.165, 1.54) is 78.6 Å². The molecule has 1 unspecified atom stereocenters. The molecule has 5 N–H and O–H groups in total. The molecular formula is C105H99F22N9O9. The van der Waals surface area contributed by atoms with E-state index in [2.05, 4.69) is 47.5 Å². The zero-order valence-electron chi connectivity index (χ0n) is 77.7. The van der Waals surface area contributed by atoms with Crippen molar-refractivity contribution in [2.24, 2.45) is 0 Å². The Hall–Kier alpha value is -14.0. The summed E-state index contributed by atoms with van der Waals surface area (Å²) >= 11 is 0. The van der Waals surface area contributed by atoms with Crippen LogP contribution in [-0.4, -0.2) is 167 Å². The summed E-state index contributed by atoms with van der Waals surface area (Å²) in [6.45, 7) is 3.51. The van der Waals surface area contributed by atoms with Gasteiger partial charge in [0, 0.05) is 65.0 Å². The molecule has 12 aromatic rings. The minimum absolute atomic E-state index is 0.0577. The van der Waals surface area contributed by atoms with E-state index in [-0.39, 0.29) is 55.1 Å².